The number of nitrogens with zero attached hydrogens (tertiary/aromatic N) is 3. The molecule has 3 N–H and O–H groups in total. The highest BCUT2D eigenvalue weighted by Gasteiger charge is 2.34. The van der Waals surface area contributed by atoms with Crippen LogP contribution in [0, 0.1) is 5.82 Å². The van der Waals surface area contributed by atoms with E-state index in [1.807, 2.05) is 0 Å². The molecule has 0 radical (unpaired) electrons. The Kier molecular flexibility index (Phi) is 6.22. The van der Waals surface area contributed by atoms with Crippen molar-refractivity contribution < 1.29 is 22.4 Å². The van der Waals surface area contributed by atoms with Gasteiger partial charge in [0.25, 0.3) is 0 Å². The third-order valence-electron chi connectivity index (χ3n) is 3.96. The van der Waals surface area contributed by atoms with E-state index in [0.717, 1.165) is 28.6 Å². The van der Waals surface area contributed by atoms with Crippen LogP contribution in [0.3, 0.4) is 0 Å². The summed E-state index contributed by atoms with van der Waals surface area (Å²) in [6, 6.07) is 8.46. The standard InChI is InChI=1S/C18H14ClF4N5OS/c1-9(16(29)25-14-7-4-11(19)8-13(14)18(21,22)23)30-17-27-26-15(28(17)24)10-2-5-12(20)6-3-10/h2-9H,24H2,1H3,(H,25,29). The minimum Gasteiger partial charge on any atom is -0.335 e. The lowest BCUT2D eigenvalue weighted by Gasteiger charge is -2.16. The normalized spacial score (nSPS) is 12.6. The summed E-state index contributed by atoms with van der Waals surface area (Å²) in [5.74, 6) is 5.07. The molecule has 1 aromatic heterocycles. The summed E-state index contributed by atoms with van der Waals surface area (Å²) in [4.78, 5) is 12.4. The van der Waals surface area contributed by atoms with Crippen LogP contribution >= 0.6 is 23.4 Å². The van der Waals surface area contributed by atoms with E-state index < -0.39 is 34.4 Å². The molecule has 12 heteroatoms. The highest BCUT2D eigenvalue weighted by Crippen LogP contribution is 2.37. The van der Waals surface area contributed by atoms with Crippen LogP contribution in [0.1, 0.15) is 12.5 Å². The lowest BCUT2D eigenvalue weighted by Crippen LogP contribution is -2.25. The largest absolute Gasteiger partial charge is 0.418 e. The number of hydrogen-bond acceptors (Lipinski definition) is 5. The molecule has 1 heterocycles. The molecule has 1 amide bonds. The first-order valence-electron chi connectivity index (χ1n) is 8.37. The lowest BCUT2D eigenvalue weighted by atomic mass is 10.1. The number of benzene rings is 2. The molecule has 0 spiro atoms. The van der Waals surface area contributed by atoms with Crippen LogP contribution < -0.4 is 11.2 Å². The molecule has 6 nitrogen and oxygen atoms in total. The van der Waals surface area contributed by atoms with Crippen LogP contribution in [0.4, 0.5) is 23.2 Å². The fraction of sp³-hybridized carbons (Fsp3) is 0.167. The van der Waals surface area contributed by atoms with Gasteiger partial charge in [0.1, 0.15) is 5.82 Å². The Bertz CT molecular complexity index is 1070. The van der Waals surface area contributed by atoms with Crippen LogP contribution in [-0.2, 0) is 11.0 Å². The number of nitrogen functional groups attached to an aromatic ring is 1. The van der Waals surface area contributed by atoms with Crippen molar-refractivity contribution in [3.8, 4) is 11.4 Å². The van der Waals surface area contributed by atoms with Gasteiger partial charge in [-0.25, -0.2) is 9.07 Å². The summed E-state index contributed by atoms with van der Waals surface area (Å²) in [6.07, 6.45) is -4.69. The Morgan fingerprint density at radius 1 is 1.20 bits per heavy atom. The van der Waals surface area contributed by atoms with Crippen molar-refractivity contribution in [1.29, 1.82) is 0 Å². The zero-order valence-electron chi connectivity index (χ0n) is 15.2. The third-order valence-corrected chi connectivity index (χ3v) is 5.26. The Balaban J connectivity index is 1.75. The first-order chi connectivity index (χ1) is 14.1. The Hall–Kier alpha value is -2.79. The van der Waals surface area contributed by atoms with Gasteiger partial charge in [0, 0.05) is 10.6 Å². The van der Waals surface area contributed by atoms with Crippen molar-refractivity contribution in [2.24, 2.45) is 0 Å². The number of carbonyl (C=O) groups is 1. The number of alkyl halides is 3. The Morgan fingerprint density at radius 2 is 1.87 bits per heavy atom. The third kappa shape index (κ3) is 4.85. The number of nitrogens with one attached hydrogen (secondary N) is 1. The predicted octanol–water partition coefficient (Wildman–Crippen LogP) is 4.59. The molecule has 3 aromatic rings. The number of carbonyl (C=O) groups excluding carboxylic acids is 1. The maximum Gasteiger partial charge on any atom is 0.418 e. The van der Waals surface area contributed by atoms with Crippen molar-refractivity contribution >= 4 is 35.0 Å². The second-order valence-corrected chi connectivity index (χ2v) is 7.86. The molecule has 0 bridgehead atoms. The summed E-state index contributed by atoms with van der Waals surface area (Å²) < 4.78 is 53.8. The minimum atomic E-state index is -4.69. The lowest BCUT2D eigenvalue weighted by molar-refractivity contribution is -0.137. The zero-order valence-corrected chi connectivity index (χ0v) is 16.8. The topological polar surface area (TPSA) is 85.8 Å². The number of hydrogen-bond donors (Lipinski definition) is 2. The zero-order chi connectivity index (χ0) is 22.1. The van der Waals surface area contributed by atoms with Crippen LogP contribution in [0.2, 0.25) is 5.02 Å². The molecule has 0 aliphatic carbocycles. The van der Waals surface area contributed by atoms with Crippen molar-refractivity contribution in [3.63, 3.8) is 0 Å². The van der Waals surface area contributed by atoms with Crippen LogP contribution in [0.15, 0.2) is 47.6 Å². The minimum absolute atomic E-state index is 0.104. The first-order valence-corrected chi connectivity index (χ1v) is 9.62. The van der Waals surface area contributed by atoms with Gasteiger partial charge in [-0.05, 0) is 49.4 Å². The summed E-state index contributed by atoms with van der Waals surface area (Å²) in [7, 11) is 0. The van der Waals surface area contributed by atoms with E-state index in [1.54, 1.807) is 0 Å². The van der Waals surface area contributed by atoms with E-state index in [2.05, 4.69) is 15.5 Å². The molecular formula is C18H14ClF4N5OS. The van der Waals surface area contributed by atoms with Gasteiger partial charge in [-0.15, -0.1) is 10.2 Å². The van der Waals surface area contributed by atoms with E-state index in [9.17, 15) is 22.4 Å². The molecule has 0 saturated heterocycles. The molecule has 0 saturated carbocycles. The Morgan fingerprint density at radius 3 is 2.50 bits per heavy atom. The van der Waals surface area contributed by atoms with Crippen molar-refractivity contribution in [2.45, 2.75) is 23.5 Å². The van der Waals surface area contributed by atoms with Gasteiger partial charge in [0.2, 0.25) is 11.1 Å². The van der Waals surface area contributed by atoms with Gasteiger partial charge in [-0.2, -0.15) is 13.2 Å². The molecule has 0 aliphatic heterocycles. The summed E-state index contributed by atoms with van der Waals surface area (Å²) in [5, 5.41) is 9.26. The smallest absolute Gasteiger partial charge is 0.335 e. The molecular weight excluding hydrogens is 446 g/mol. The first kappa shape index (κ1) is 21.9. The fourth-order valence-corrected chi connectivity index (χ4v) is 3.40. The van der Waals surface area contributed by atoms with Crippen molar-refractivity contribution in [2.75, 3.05) is 11.2 Å². The van der Waals surface area contributed by atoms with Gasteiger partial charge >= 0.3 is 6.18 Å². The molecule has 2 aromatic carbocycles. The van der Waals surface area contributed by atoms with Crippen LogP contribution in [0.25, 0.3) is 11.4 Å². The number of halogens is 5. The van der Waals surface area contributed by atoms with Crippen molar-refractivity contribution in [3.05, 3.63) is 58.9 Å². The summed E-state index contributed by atoms with van der Waals surface area (Å²) in [5.41, 5.74) is -0.960. The number of amides is 1. The van der Waals surface area contributed by atoms with Gasteiger partial charge in [0.15, 0.2) is 5.82 Å². The molecule has 0 fully saturated rings. The maximum atomic E-state index is 13.2. The number of nitrogens with two attached hydrogens (primary N) is 1. The molecule has 30 heavy (non-hydrogen) atoms. The number of anilines is 1. The highest BCUT2D eigenvalue weighted by molar-refractivity contribution is 8.00. The second-order valence-electron chi connectivity index (χ2n) is 6.12. The van der Waals surface area contributed by atoms with E-state index in [0.29, 0.717) is 5.56 Å². The van der Waals surface area contributed by atoms with Crippen molar-refractivity contribution in [1.82, 2.24) is 14.9 Å². The summed E-state index contributed by atoms with van der Waals surface area (Å²) >= 11 is 6.54. The van der Waals surface area contributed by atoms with Gasteiger partial charge in [0.05, 0.1) is 16.5 Å². The van der Waals surface area contributed by atoms with Crippen LogP contribution in [0.5, 0.6) is 0 Å². The van der Waals surface area contributed by atoms with E-state index in [-0.39, 0.29) is 16.0 Å². The van der Waals surface area contributed by atoms with E-state index >= 15 is 0 Å². The average Bonchev–Trinajstić information content (AvgIpc) is 3.03. The number of aromatic nitrogens is 3. The SMILES string of the molecule is CC(Sc1nnc(-c2ccc(F)cc2)n1N)C(=O)Nc1ccc(Cl)cc1C(F)(F)F. The van der Waals surface area contributed by atoms with Gasteiger partial charge in [-0.3, -0.25) is 4.79 Å². The van der Waals surface area contributed by atoms with E-state index in [4.69, 9.17) is 17.4 Å². The maximum absolute atomic E-state index is 13.2. The fourth-order valence-electron chi connectivity index (χ4n) is 2.46. The Labute approximate surface area is 177 Å². The molecule has 3 rings (SSSR count). The molecule has 0 aliphatic rings. The average molecular weight is 460 g/mol. The molecule has 1 unspecified atom stereocenters. The highest BCUT2D eigenvalue weighted by atomic mass is 35.5. The number of rotatable bonds is 5. The quantitative estimate of drug-likeness (QED) is 0.331. The summed E-state index contributed by atoms with van der Waals surface area (Å²) in [6.45, 7) is 1.48. The predicted molar refractivity (Wildman–Crippen MR) is 106 cm³/mol. The molecule has 1 atom stereocenters. The second kappa shape index (κ2) is 8.52. The number of thioether (sulfide) groups is 1. The molecule has 158 valence electrons. The van der Waals surface area contributed by atoms with Crippen LogP contribution in [-0.4, -0.2) is 26.0 Å². The van der Waals surface area contributed by atoms with E-state index in [1.165, 1.54) is 37.3 Å². The monoisotopic (exact) mass is 459 g/mol. The van der Waals surface area contributed by atoms with Gasteiger partial charge < -0.3 is 11.2 Å². The van der Waals surface area contributed by atoms with Gasteiger partial charge in [-0.1, -0.05) is 23.4 Å².